The SMILES string of the molecule is Cc1ccc(CN(CCc2c[nH]c3ccccc23)C(=O)CN(C(=O)Nc2cccc(C)c2C)C2CC2)cc1. The number of para-hydroxylation sites is 1. The molecule has 4 aromatic rings. The zero-order valence-electron chi connectivity index (χ0n) is 22.5. The normalized spacial score (nSPS) is 12.9. The second-order valence-electron chi connectivity index (χ2n) is 10.4. The van der Waals surface area contributed by atoms with Gasteiger partial charge >= 0.3 is 6.03 Å². The lowest BCUT2D eigenvalue weighted by Crippen LogP contribution is -2.46. The van der Waals surface area contributed by atoms with Crippen molar-refractivity contribution >= 4 is 28.5 Å². The number of hydrogen-bond acceptors (Lipinski definition) is 2. The number of aromatic nitrogens is 1. The molecule has 0 atom stereocenters. The molecular weight excluding hydrogens is 472 g/mol. The molecule has 6 nitrogen and oxygen atoms in total. The van der Waals surface area contributed by atoms with Crippen molar-refractivity contribution in [3.8, 4) is 0 Å². The minimum atomic E-state index is -0.207. The van der Waals surface area contributed by atoms with Crippen LogP contribution in [0.1, 0.15) is 40.7 Å². The van der Waals surface area contributed by atoms with Gasteiger partial charge in [-0.15, -0.1) is 0 Å². The molecule has 1 heterocycles. The van der Waals surface area contributed by atoms with Crippen molar-refractivity contribution in [1.29, 1.82) is 0 Å². The average Bonchev–Trinajstić information content (AvgIpc) is 3.68. The van der Waals surface area contributed by atoms with Crippen LogP contribution in [0.15, 0.2) is 72.9 Å². The number of carbonyl (C=O) groups excluding carboxylic acids is 2. The predicted molar refractivity (Wildman–Crippen MR) is 153 cm³/mol. The molecule has 1 saturated carbocycles. The Bertz CT molecular complexity index is 1440. The summed E-state index contributed by atoms with van der Waals surface area (Å²) in [7, 11) is 0. The maximum Gasteiger partial charge on any atom is 0.322 e. The molecule has 1 fully saturated rings. The molecule has 5 rings (SSSR count). The van der Waals surface area contributed by atoms with Gasteiger partial charge in [0.05, 0.1) is 0 Å². The summed E-state index contributed by atoms with van der Waals surface area (Å²) in [5.41, 5.74) is 7.52. The van der Waals surface area contributed by atoms with Crippen LogP contribution in [-0.2, 0) is 17.8 Å². The second kappa shape index (κ2) is 11.1. The van der Waals surface area contributed by atoms with E-state index in [-0.39, 0.29) is 24.5 Å². The standard InChI is InChI=1S/C32H36N4O2/c1-22-11-13-25(14-12-22)20-35(18-17-26-19-33-30-9-5-4-8-28(26)30)31(37)21-36(27-15-16-27)32(38)34-29-10-6-7-23(2)24(29)3/h4-14,19,27,33H,15-18,20-21H2,1-3H3,(H,34,38). The number of nitrogens with zero attached hydrogens (tertiary/aromatic N) is 2. The van der Waals surface area contributed by atoms with Crippen LogP contribution in [0.2, 0.25) is 0 Å². The van der Waals surface area contributed by atoms with Crippen LogP contribution in [-0.4, -0.2) is 45.9 Å². The Kier molecular flexibility index (Phi) is 7.50. The van der Waals surface area contributed by atoms with E-state index < -0.39 is 0 Å². The first-order chi connectivity index (χ1) is 18.4. The molecule has 196 valence electrons. The number of amides is 3. The van der Waals surface area contributed by atoms with E-state index in [9.17, 15) is 9.59 Å². The number of nitrogens with one attached hydrogen (secondary N) is 2. The van der Waals surface area contributed by atoms with E-state index in [1.54, 1.807) is 4.90 Å². The van der Waals surface area contributed by atoms with Crippen molar-refractivity contribution in [2.45, 2.75) is 52.6 Å². The maximum absolute atomic E-state index is 13.8. The minimum absolute atomic E-state index is 0.0339. The quantitative estimate of drug-likeness (QED) is 0.276. The molecule has 3 amide bonds. The zero-order chi connectivity index (χ0) is 26.6. The number of anilines is 1. The third-order valence-corrected chi connectivity index (χ3v) is 7.57. The summed E-state index contributed by atoms with van der Waals surface area (Å²) < 4.78 is 0. The van der Waals surface area contributed by atoms with E-state index >= 15 is 0 Å². The van der Waals surface area contributed by atoms with E-state index in [0.29, 0.717) is 13.1 Å². The maximum atomic E-state index is 13.8. The Morgan fingerprint density at radius 2 is 1.71 bits per heavy atom. The van der Waals surface area contributed by atoms with E-state index in [1.165, 1.54) is 16.5 Å². The molecule has 6 heteroatoms. The van der Waals surface area contributed by atoms with Crippen molar-refractivity contribution in [1.82, 2.24) is 14.8 Å². The Morgan fingerprint density at radius 3 is 2.47 bits per heavy atom. The number of carbonyl (C=O) groups is 2. The molecule has 1 aromatic heterocycles. The summed E-state index contributed by atoms with van der Waals surface area (Å²) in [6.07, 6.45) is 4.63. The van der Waals surface area contributed by atoms with Gasteiger partial charge in [-0.3, -0.25) is 4.79 Å². The largest absolute Gasteiger partial charge is 0.361 e. The second-order valence-corrected chi connectivity index (χ2v) is 10.4. The van der Waals surface area contributed by atoms with Gasteiger partial charge in [0.2, 0.25) is 5.91 Å². The van der Waals surface area contributed by atoms with E-state index in [0.717, 1.165) is 47.2 Å². The first-order valence-electron chi connectivity index (χ1n) is 13.4. The van der Waals surface area contributed by atoms with Crippen molar-refractivity contribution in [2.24, 2.45) is 0 Å². The summed E-state index contributed by atoms with van der Waals surface area (Å²) in [6, 6.07) is 22.3. The number of aromatic amines is 1. The monoisotopic (exact) mass is 508 g/mol. The topological polar surface area (TPSA) is 68.4 Å². The number of aryl methyl sites for hydroxylation is 2. The van der Waals surface area contributed by atoms with Crippen molar-refractivity contribution in [3.05, 3.63) is 101 Å². The summed E-state index contributed by atoms with van der Waals surface area (Å²) in [5.74, 6) is -0.0339. The molecule has 1 aliphatic carbocycles. The van der Waals surface area contributed by atoms with Gasteiger partial charge in [0.25, 0.3) is 0 Å². The van der Waals surface area contributed by atoms with Crippen LogP contribution in [0, 0.1) is 20.8 Å². The lowest BCUT2D eigenvalue weighted by atomic mass is 10.1. The fourth-order valence-electron chi connectivity index (χ4n) is 4.87. The fourth-order valence-corrected chi connectivity index (χ4v) is 4.87. The summed E-state index contributed by atoms with van der Waals surface area (Å²) in [4.78, 5) is 34.0. The molecule has 0 saturated heterocycles. The highest BCUT2D eigenvalue weighted by Gasteiger charge is 2.35. The van der Waals surface area contributed by atoms with Gasteiger partial charge in [0, 0.05) is 41.9 Å². The van der Waals surface area contributed by atoms with Crippen molar-refractivity contribution in [3.63, 3.8) is 0 Å². The Hall–Kier alpha value is -4.06. The molecule has 1 aliphatic rings. The van der Waals surface area contributed by atoms with Gasteiger partial charge in [-0.1, -0.05) is 60.2 Å². The molecule has 38 heavy (non-hydrogen) atoms. The third kappa shape index (κ3) is 5.91. The third-order valence-electron chi connectivity index (χ3n) is 7.57. The Morgan fingerprint density at radius 1 is 0.947 bits per heavy atom. The smallest absolute Gasteiger partial charge is 0.322 e. The number of rotatable bonds is 9. The number of urea groups is 1. The molecule has 2 N–H and O–H groups in total. The van der Waals surface area contributed by atoms with E-state index in [1.807, 2.05) is 55.3 Å². The van der Waals surface area contributed by atoms with Gasteiger partial charge in [-0.05, 0) is 74.4 Å². The number of hydrogen-bond donors (Lipinski definition) is 2. The highest BCUT2D eigenvalue weighted by Crippen LogP contribution is 2.28. The Labute approximate surface area is 224 Å². The summed E-state index contributed by atoms with van der Waals surface area (Å²) in [6.45, 7) is 7.26. The van der Waals surface area contributed by atoms with Crippen molar-refractivity contribution < 1.29 is 9.59 Å². The molecule has 0 unspecified atom stereocenters. The number of benzene rings is 3. The molecule has 0 aliphatic heterocycles. The minimum Gasteiger partial charge on any atom is -0.361 e. The van der Waals surface area contributed by atoms with Crippen LogP contribution >= 0.6 is 0 Å². The molecular formula is C32H36N4O2. The van der Waals surface area contributed by atoms with Gasteiger partial charge in [-0.25, -0.2) is 4.79 Å². The average molecular weight is 509 g/mol. The molecule has 0 spiro atoms. The van der Waals surface area contributed by atoms with E-state index in [4.69, 9.17) is 0 Å². The fraction of sp³-hybridized carbons (Fsp3) is 0.312. The highest BCUT2D eigenvalue weighted by atomic mass is 16.2. The predicted octanol–water partition coefficient (Wildman–Crippen LogP) is 6.36. The van der Waals surface area contributed by atoms with Gasteiger partial charge in [-0.2, -0.15) is 0 Å². The van der Waals surface area contributed by atoms with Crippen molar-refractivity contribution in [2.75, 3.05) is 18.4 Å². The lowest BCUT2D eigenvalue weighted by molar-refractivity contribution is -0.132. The first-order valence-corrected chi connectivity index (χ1v) is 13.4. The van der Waals surface area contributed by atoms with Crippen LogP contribution in [0.3, 0.4) is 0 Å². The molecule has 0 bridgehead atoms. The zero-order valence-corrected chi connectivity index (χ0v) is 22.5. The van der Waals surface area contributed by atoms with Gasteiger partial charge < -0.3 is 20.1 Å². The highest BCUT2D eigenvalue weighted by molar-refractivity contribution is 5.93. The lowest BCUT2D eigenvalue weighted by Gasteiger charge is -2.28. The first kappa shape index (κ1) is 25.6. The Balaban J connectivity index is 1.33. The molecule has 3 aromatic carbocycles. The van der Waals surface area contributed by atoms with Gasteiger partial charge in [0.1, 0.15) is 6.54 Å². The van der Waals surface area contributed by atoms with Crippen LogP contribution in [0.4, 0.5) is 10.5 Å². The molecule has 0 radical (unpaired) electrons. The van der Waals surface area contributed by atoms with E-state index in [2.05, 4.69) is 53.6 Å². The summed E-state index contributed by atoms with van der Waals surface area (Å²) >= 11 is 0. The van der Waals surface area contributed by atoms with Gasteiger partial charge in [0.15, 0.2) is 0 Å². The summed E-state index contributed by atoms with van der Waals surface area (Å²) in [5, 5.41) is 4.24. The van der Waals surface area contributed by atoms with Crippen LogP contribution in [0.5, 0.6) is 0 Å². The van der Waals surface area contributed by atoms with Crippen LogP contribution in [0.25, 0.3) is 10.9 Å². The number of fused-ring (bicyclic) bond motifs is 1. The van der Waals surface area contributed by atoms with Crippen LogP contribution < -0.4 is 5.32 Å². The number of H-pyrrole nitrogens is 1.